The van der Waals surface area contributed by atoms with Crippen LogP contribution in [0.1, 0.15) is 23.1 Å². The second kappa shape index (κ2) is 9.56. The van der Waals surface area contributed by atoms with Gasteiger partial charge in [-0.25, -0.2) is 9.59 Å². The highest BCUT2D eigenvalue weighted by Gasteiger charge is 2.45. The van der Waals surface area contributed by atoms with E-state index in [1.54, 1.807) is 12.1 Å². The Hall–Kier alpha value is -2.80. The molecule has 0 unspecified atom stereocenters. The quantitative estimate of drug-likeness (QED) is 0.491. The first-order valence-corrected chi connectivity index (χ1v) is 14.4. The van der Waals surface area contributed by atoms with Crippen molar-refractivity contribution in [1.82, 2.24) is 5.32 Å². The van der Waals surface area contributed by atoms with Gasteiger partial charge in [-0.1, -0.05) is 62.1 Å². The van der Waals surface area contributed by atoms with Gasteiger partial charge in [0, 0.05) is 14.5 Å². The van der Waals surface area contributed by atoms with Gasteiger partial charge in [0.05, 0.1) is 6.61 Å². The van der Waals surface area contributed by atoms with Gasteiger partial charge in [-0.05, 0) is 41.6 Å². The number of nitrogens with one attached hydrogen (secondary N) is 1. The molecule has 166 valence electrons. The van der Waals surface area contributed by atoms with Crippen LogP contribution < -0.4 is 5.32 Å². The predicted octanol–water partition coefficient (Wildman–Crippen LogP) is 4.43. The third-order valence-corrected chi connectivity index (χ3v) is 7.28. The molecule has 2 N–H and O–H groups in total. The summed E-state index contributed by atoms with van der Waals surface area (Å²) >= 11 is 0. The minimum Gasteiger partial charge on any atom is -0.508 e. The molecule has 0 fully saturated rings. The smallest absolute Gasteiger partial charge is 0.408 e. The molecule has 0 radical (unpaired) electrons. The number of rotatable bonds is 7. The number of amides is 1. The number of carbonyl (C=O) groups is 2. The van der Waals surface area contributed by atoms with Gasteiger partial charge >= 0.3 is 12.1 Å². The van der Waals surface area contributed by atoms with E-state index in [1.807, 2.05) is 36.4 Å². The fourth-order valence-electron chi connectivity index (χ4n) is 3.67. The molecule has 2 aromatic carbocycles. The number of phenols is 1. The van der Waals surface area contributed by atoms with Crippen LogP contribution in [0.3, 0.4) is 0 Å². The highest BCUT2D eigenvalue weighted by molar-refractivity contribution is 6.76. The SMILES string of the molecule is C[Si](C)(C)CCOC(=O)[C@]1(NC(=O)OCc2ccccc2)CCc2cccc(O)c2C1. The molecule has 0 heterocycles. The zero-order valence-corrected chi connectivity index (χ0v) is 19.4. The second-order valence-electron chi connectivity index (χ2n) is 9.31. The largest absolute Gasteiger partial charge is 0.508 e. The van der Waals surface area contributed by atoms with Crippen molar-refractivity contribution in [3.05, 3.63) is 65.2 Å². The van der Waals surface area contributed by atoms with Crippen molar-refractivity contribution in [3.8, 4) is 5.75 Å². The average Bonchev–Trinajstić information content (AvgIpc) is 2.73. The molecular weight excluding hydrogens is 410 g/mol. The molecule has 31 heavy (non-hydrogen) atoms. The number of alkyl carbamates (subject to hydrolysis) is 1. The maximum atomic E-state index is 13.2. The number of aromatic hydroxyl groups is 1. The molecule has 0 bridgehead atoms. The number of aryl methyl sites for hydroxylation is 1. The molecule has 0 aromatic heterocycles. The summed E-state index contributed by atoms with van der Waals surface area (Å²) in [7, 11) is -1.38. The Balaban J connectivity index is 1.75. The minimum absolute atomic E-state index is 0.106. The zero-order chi connectivity index (χ0) is 22.5. The summed E-state index contributed by atoms with van der Waals surface area (Å²) in [6, 6.07) is 15.5. The Labute approximate surface area is 184 Å². The van der Waals surface area contributed by atoms with Crippen LogP contribution >= 0.6 is 0 Å². The van der Waals surface area contributed by atoms with E-state index in [0.29, 0.717) is 25.0 Å². The summed E-state index contributed by atoms with van der Waals surface area (Å²) in [4.78, 5) is 25.8. The van der Waals surface area contributed by atoms with Gasteiger partial charge in [0.25, 0.3) is 0 Å². The van der Waals surface area contributed by atoms with Crippen molar-refractivity contribution in [2.45, 2.75) is 57.1 Å². The van der Waals surface area contributed by atoms with Gasteiger partial charge in [0.2, 0.25) is 0 Å². The molecule has 2 aromatic rings. The van der Waals surface area contributed by atoms with E-state index in [9.17, 15) is 14.7 Å². The lowest BCUT2D eigenvalue weighted by Crippen LogP contribution is -2.58. The summed E-state index contributed by atoms with van der Waals surface area (Å²) in [5.41, 5.74) is 1.24. The maximum absolute atomic E-state index is 13.2. The van der Waals surface area contributed by atoms with E-state index in [-0.39, 0.29) is 18.8 Å². The Morgan fingerprint density at radius 3 is 2.52 bits per heavy atom. The average molecular weight is 442 g/mol. The fraction of sp³-hybridized carbons (Fsp3) is 0.417. The topological polar surface area (TPSA) is 84.9 Å². The molecule has 0 saturated heterocycles. The van der Waals surface area contributed by atoms with Crippen LogP contribution in [0, 0.1) is 0 Å². The van der Waals surface area contributed by atoms with E-state index in [4.69, 9.17) is 9.47 Å². The molecule has 1 aliphatic rings. The number of esters is 1. The third kappa shape index (κ3) is 6.10. The zero-order valence-electron chi connectivity index (χ0n) is 18.4. The van der Waals surface area contributed by atoms with Crippen LogP contribution in [0.2, 0.25) is 25.7 Å². The molecule has 1 amide bonds. The van der Waals surface area contributed by atoms with Gasteiger partial charge in [0.1, 0.15) is 17.9 Å². The first-order chi connectivity index (χ1) is 14.7. The van der Waals surface area contributed by atoms with Gasteiger partial charge < -0.3 is 19.9 Å². The Morgan fingerprint density at radius 1 is 1.06 bits per heavy atom. The molecule has 1 atom stereocenters. The number of benzene rings is 2. The van der Waals surface area contributed by atoms with Crippen LogP contribution in [0.5, 0.6) is 5.75 Å². The van der Waals surface area contributed by atoms with Crippen molar-refractivity contribution in [2.24, 2.45) is 0 Å². The molecule has 0 saturated carbocycles. The van der Waals surface area contributed by atoms with Crippen molar-refractivity contribution >= 4 is 20.1 Å². The Kier molecular flexibility index (Phi) is 7.05. The monoisotopic (exact) mass is 441 g/mol. The van der Waals surface area contributed by atoms with Crippen molar-refractivity contribution in [3.63, 3.8) is 0 Å². The van der Waals surface area contributed by atoms with Crippen LogP contribution in [0.15, 0.2) is 48.5 Å². The first-order valence-electron chi connectivity index (χ1n) is 10.6. The second-order valence-corrected chi connectivity index (χ2v) is 14.9. The lowest BCUT2D eigenvalue weighted by atomic mass is 9.77. The summed E-state index contributed by atoms with van der Waals surface area (Å²) in [6.07, 6.45) is 0.424. The summed E-state index contributed by atoms with van der Waals surface area (Å²) in [5.74, 6) is -0.354. The number of phenolic OH excluding ortho intramolecular Hbond substituents is 1. The normalized spacial score (nSPS) is 18.0. The summed E-state index contributed by atoms with van der Waals surface area (Å²) in [6.45, 7) is 7.07. The van der Waals surface area contributed by atoms with Crippen LogP contribution in [-0.2, 0) is 33.7 Å². The van der Waals surface area contributed by atoms with E-state index in [1.165, 1.54) is 0 Å². The highest BCUT2D eigenvalue weighted by Crippen LogP contribution is 2.35. The van der Waals surface area contributed by atoms with E-state index < -0.39 is 25.7 Å². The van der Waals surface area contributed by atoms with Crippen molar-refractivity contribution in [2.75, 3.05) is 6.61 Å². The molecule has 1 aliphatic carbocycles. The van der Waals surface area contributed by atoms with E-state index in [0.717, 1.165) is 17.2 Å². The predicted molar refractivity (Wildman–Crippen MR) is 122 cm³/mol. The number of ether oxygens (including phenoxy) is 2. The van der Waals surface area contributed by atoms with Gasteiger partial charge in [-0.3, -0.25) is 0 Å². The third-order valence-electron chi connectivity index (χ3n) is 5.58. The molecule has 7 heteroatoms. The first kappa shape index (κ1) is 22.9. The maximum Gasteiger partial charge on any atom is 0.408 e. The molecule has 0 aliphatic heterocycles. The van der Waals surface area contributed by atoms with Crippen molar-refractivity contribution < 1.29 is 24.2 Å². The number of hydrogen-bond donors (Lipinski definition) is 2. The highest BCUT2D eigenvalue weighted by atomic mass is 28.3. The standard InChI is InChI=1S/C24H31NO5Si/c1-31(2,3)15-14-29-22(27)24(13-12-19-10-7-11-21(26)20(19)16-24)25-23(28)30-17-18-8-5-4-6-9-18/h4-11,26H,12-17H2,1-3H3,(H,25,28)/t24-/m0/s1. The lowest BCUT2D eigenvalue weighted by molar-refractivity contribution is -0.151. The summed E-state index contributed by atoms with van der Waals surface area (Å²) in [5, 5.41) is 13.1. The Morgan fingerprint density at radius 2 is 1.81 bits per heavy atom. The van der Waals surface area contributed by atoms with Crippen molar-refractivity contribution in [1.29, 1.82) is 0 Å². The van der Waals surface area contributed by atoms with Crippen LogP contribution in [0.4, 0.5) is 4.79 Å². The summed E-state index contributed by atoms with van der Waals surface area (Å²) < 4.78 is 11.0. The van der Waals surface area contributed by atoms with Crippen LogP contribution in [-0.4, -0.2) is 37.4 Å². The van der Waals surface area contributed by atoms with E-state index in [2.05, 4.69) is 25.0 Å². The van der Waals surface area contributed by atoms with Gasteiger partial charge in [0.15, 0.2) is 0 Å². The Bertz CT molecular complexity index is 925. The number of hydrogen-bond acceptors (Lipinski definition) is 5. The lowest BCUT2D eigenvalue weighted by Gasteiger charge is -2.36. The molecular formula is C24H31NO5Si. The van der Waals surface area contributed by atoms with Gasteiger partial charge in [-0.2, -0.15) is 0 Å². The molecule has 0 spiro atoms. The van der Waals surface area contributed by atoms with E-state index >= 15 is 0 Å². The minimum atomic E-state index is -1.38. The van der Waals surface area contributed by atoms with Crippen LogP contribution in [0.25, 0.3) is 0 Å². The molecule has 3 rings (SSSR count). The fourth-order valence-corrected chi connectivity index (χ4v) is 4.39. The molecule has 6 nitrogen and oxygen atoms in total. The number of carbonyl (C=O) groups excluding carboxylic acids is 2. The van der Waals surface area contributed by atoms with Gasteiger partial charge in [-0.15, -0.1) is 0 Å². The number of fused-ring (bicyclic) bond motifs is 1.